The van der Waals surface area contributed by atoms with E-state index in [1.165, 1.54) is 0 Å². The molecule has 7 heteroatoms. The summed E-state index contributed by atoms with van der Waals surface area (Å²) in [6.07, 6.45) is -5.36. The number of hydrogen-bond acceptors (Lipinski definition) is 3. The molecule has 0 radical (unpaired) electrons. The van der Waals surface area contributed by atoms with Crippen LogP contribution >= 0.6 is 0 Å². The molecule has 2 N–H and O–H groups in total. The Morgan fingerprint density at radius 1 is 1.39 bits per heavy atom. The Bertz CT molecular complexity index is 297. The summed E-state index contributed by atoms with van der Waals surface area (Å²) in [6, 6.07) is 0.00870. The lowest BCUT2D eigenvalue weighted by Gasteiger charge is -2.38. The first-order valence-corrected chi connectivity index (χ1v) is 5.95. The van der Waals surface area contributed by atoms with Gasteiger partial charge in [0.1, 0.15) is 0 Å². The van der Waals surface area contributed by atoms with Crippen molar-refractivity contribution in [2.45, 2.75) is 44.5 Å². The monoisotopic (exact) mass is 268 g/mol. The third-order valence-electron chi connectivity index (χ3n) is 3.03. The average molecular weight is 268 g/mol. The molecule has 18 heavy (non-hydrogen) atoms. The molecule has 1 saturated heterocycles. The second-order valence-electron chi connectivity index (χ2n) is 5.03. The highest BCUT2D eigenvalue weighted by molar-refractivity contribution is 5.78. The number of rotatable bonds is 3. The van der Waals surface area contributed by atoms with Crippen LogP contribution in [0.5, 0.6) is 0 Å². The Balaban J connectivity index is 2.43. The molecule has 0 unspecified atom stereocenters. The molecule has 4 nitrogen and oxygen atoms in total. The van der Waals surface area contributed by atoms with E-state index in [2.05, 4.69) is 5.32 Å². The fraction of sp³-hybridized carbons (Fsp3) is 0.909. The number of hydrogen-bond donors (Lipinski definition) is 2. The van der Waals surface area contributed by atoms with Gasteiger partial charge in [0.2, 0.25) is 5.91 Å². The fourth-order valence-corrected chi connectivity index (χ4v) is 1.94. The molecule has 1 aliphatic heterocycles. The number of piperidine rings is 1. The summed E-state index contributed by atoms with van der Waals surface area (Å²) in [5.74, 6) is -0.206. The van der Waals surface area contributed by atoms with E-state index in [1.54, 1.807) is 4.90 Å². The van der Waals surface area contributed by atoms with Crippen LogP contribution in [0.3, 0.4) is 0 Å². The Kier molecular flexibility index (Phi) is 4.61. The SMILES string of the molecule is CC(C)NC(=O)CN1CCC(O)(C(F)(F)F)CC1. The molecule has 0 atom stereocenters. The van der Waals surface area contributed by atoms with Crippen LogP contribution in [0.25, 0.3) is 0 Å². The van der Waals surface area contributed by atoms with Crippen molar-refractivity contribution in [1.82, 2.24) is 10.2 Å². The highest BCUT2D eigenvalue weighted by atomic mass is 19.4. The van der Waals surface area contributed by atoms with E-state index in [9.17, 15) is 23.1 Å². The molecule has 106 valence electrons. The van der Waals surface area contributed by atoms with E-state index in [0.29, 0.717) is 0 Å². The first-order valence-electron chi connectivity index (χ1n) is 5.95. The molecule has 0 aromatic carbocycles. The van der Waals surface area contributed by atoms with E-state index in [-0.39, 0.29) is 44.4 Å². The smallest absolute Gasteiger partial charge is 0.380 e. The van der Waals surface area contributed by atoms with E-state index in [1.807, 2.05) is 13.8 Å². The van der Waals surface area contributed by atoms with Crippen molar-refractivity contribution >= 4 is 5.91 Å². The van der Waals surface area contributed by atoms with Crippen LogP contribution in [0.1, 0.15) is 26.7 Å². The summed E-state index contributed by atoms with van der Waals surface area (Å²) in [5.41, 5.74) is -2.60. The quantitative estimate of drug-likeness (QED) is 0.799. The van der Waals surface area contributed by atoms with Gasteiger partial charge in [-0.1, -0.05) is 0 Å². The predicted molar refractivity (Wildman–Crippen MR) is 60.0 cm³/mol. The number of amides is 1. The van der Waals surface area contributed by atoms with Crippen LogP contribution < -0.4 is 5.32 Å². The summed E-state index contributed by atoms with van der Waals surface area (Å²) >= 11 is 0. The van der Waals surface area contributed by atoms with Crippen molar-refractivity contribution in [3.8, 4) is 0 Å². The van der Waals surface area contributed by atoms with Gasteiger partial charge in [0.25, 0.3) is 0 Å². The molecule has 0 spiro atoms. The van der Waals surface area contributed by atoms with Crippen LogP contribution in [-0.2, 0) is 4.79 Å². The van der Waals surface area contributed by atoms with Crippen molar-refractivity contribution in [2.75, 3.05) is 19.6 Å². The molecule has 0 bridgehead atoms. The van der Waals surface area contributed by atoms with Gasteiger partial charge in [-0.15, -0.1) is 0 Å². The molecule has 1 fully saturated rings. The normalized spacial score (nSPS) is 21.1. The molecule has 1 heterocycles. The lowest BCUT2D eigenvalue weighted by Crippen LogP contribution is -2.54. The molecule has 0 aromatic heterocycles. The molecule has 1 amide bonds. The molecule has 0 saturated carbocycles. The minimum absolute atomic E-state index is 0.00870. The highest BCUT2D eigenvalue weighted by Gasteiger charge is 2.54. The number of likely N-dealkylation sites (tertiary alicyclic amines) is 1. The summed E-state index contributed by atoms with van der Waals surface area (Å²) in [6.45, 7) is 3.85. The number of nitrogens with one attached hydrogen (secondary N) is 1. The van der Waals surface area contributed by atoms with Crippen LogP contribution in [0, 0.1) is 0 Å². The lowest BCUT2D eigenvalue weighted by molar-refractivity contribution is -0.272. The Morgan fingerprint density at radius 3 is 2.28 bits per heavy atom. The number of carbonyl (C=O) groups excluding carboxylic acids is 1. The largest absolute Gasteiger partial charge is 0.417 e. The Hall–Kier alpha value is -0.820. The zero-order chi connectivity index (χ0) is 14.0. The van der Waals surface area contributed by atoms with Gasteiger partial charge in [-0.3, -0.25) is 9.69 Å². The second-order valence-corrected chi connectivity index (χ2v) is 5.03. The summed E-state index contributed by atoms with van der Waals surface area (Å²) in [5, 5.41) is 12.1. The van der Waals surface area contributed by atoms with E-state index in [4.69, 9.17) is 0 Å². The standard InChI is InChI=1S/C11H19F3N2O2/c1-8(2)15-9(17)7-16-5-3-10(18,4-6-16)11(12,13)14/h8,18H,3-7H2,1-2H3,(H,15,17). The lowest BCUT2D eigenvalue weighted by atomic mass is 9.91. The molecule has 1 rings (SSSR count). The highest BCUT2D eigenvalue weighted by Crippen LogP contribution is 2.38. The van der Waals surface area contributed by atoms with Crippen molar-refractivity contribution in [3.05, 3.63) is 0 Å². The molecule has 1 aliphatic rings. The summed E-state index contributed by atoms with van der Waals surface area (Å²) < 4.78 is 37.6. The van der Waals surface area contributed by atoms with Gasteiger partial charge in [0.15, 0.2) is 5.60 Å². The van der Waals surface area contributed by atoms with Crippen LogP contribution in [-0.4, -0.2) is 53.4 Å². The minimum atomic E-state index is -4.60. The molecular formula is C11H19F3N2O2. The number of aliphatic hydroxyl groups is 1. The van der Waals surface area contributed by atoms with Crippen molar-refractivity contribution in [2.24, 2.45) is 0 Å². The maximum absolute atomic E-state index is 12.5. The maximum atomic E-state index is 12.5. The van der Waals surface area contributed by atoms with Gasteiger partial charge in [-0.05, 0) is 26.7 Å². The zero-order valence-electron chi connectivity index (χ0n) is 10.5. The first kappa shape index (κ1) is 15.2. The van der Waals surface area contributed by atoms with Crippen molar-refractivity contribution in [1.29, 1.82) is 0 Å². The Morgan fingerprint density at radius 2 is 1.89 bits per heavy atom. The third kappa shape index (κ3) is 3.84. The van der Waals surface area contributed by atoms with Crippen molar-refractivity contribution < 1.29 is 23.1 Å². The molecule has 0 aliphatic carbocycles. The Labute approximate surface area is 104 Å². The minimum Gasteiger partial charge on any atom is -0.380 e. The molecular weight excluding hydrogens is 249 g/mol. The van der Waals surface area contributed by atoms with Crippen LogP contribution in [0.2, 0.25) is 0 Å². The number of nitrogens with zero attached hydrogens (tertiary/aromatic N) is 1. The third-order valence-corrected chi connectivity index (χ3v) is 3.03. The van der Waals surface area contributed by atoms with Gasteiger partial charge in [-0.2, -0.15) is 13.2 Å². The van der Waals surface area contributed by atoms with Crippen molar-refractivity contribution in [3.63, 3.8) is 0 Å². The van der Waals surface area contributed by atoms with Gasteiger partial charge >= 0.3 is 6.18 Å². The summed E-state index contributed by atoms with van der Waals surface area (Å²) in [4.78, 5) is 13.1. The van der Waals surface area contributed by atoms with E-state index in [0.717, 1.165) is 0 Å². The van der Waals surface area contributed by atoms with Crippen LogP contribution in [0.15, 0.2) is 0 Å². The number of carbonyl (C=O) groups is 1. The second kappa shape index (κ2) is 5.44. The number of alkyl halides is 3. The maximum Gasteiger partial charge on any atom is 0.417 e. The van der Waals surface area contributed by atoms with Crippen LogP contribution in [0.4, 0.5) is 13.2 Å². The van der Waals surface area contributed by atoms with Gasteiger partial charge < -0.3 is 10.4 Å². The first-order chi connectivity index (χ1) is 8.14. The van der Waals surface area contributed by atoms with Gasteiger partial charge in [-0.25, -0.2) is 0 Å². The average Bonchev–Trinajstić information content (AvgIpc) is 2.18. The van der Waals surface area contributed by atoms with E-state index < -0.39 is 11.8 Å². The van der Waals surface area contributed by atoms with Gasteiger partial charge in [0.05, 0.1) is 6.54 Å². The topological polar surface area (TPSA) is 52.6 Å². The summed E-state index contributed by atoms with van der Waals surface area (Å²) in [7, 11) is 0. The van der Waals surface area contributed by atoms with Gasteiger partial charge in [0, 0.05) is 19.1 Å². The van der Waals surface area contributed by atoms with E-state index >= 15 is 0 Å². The zero-order valence-corrected chi connectivity index (χ0v) is 10.5. The fourth-order valence-electron chi connectivity index (χ4n) is 1.94. The molecule has 0 aromatic rings. The predicted octanol–water partition coefficient (Wildman–Crippen LogP) is 0.900. The number of halogens is 3.